The quantitative estimate of drug-likeness (QED) is 0.565. The van der Waals surface area contributed by atoms with Crippen LogP contribution in [0.2, 0.25) is 0 Å². The Bertz CT molecular complexity index is 510. The van der Waals surface area contributed by atoms with E-state index in [0.29, 0.717) is 11.7 Å². The molecule has 1 aromatic heterocycles. The van der Waals surface area contributed by atoms with Crippen molar-refractivity contribution in [1.82, 2.24) is 4.98 Å². The van der Waals surface area contributed by atoms with Crippen molar-refractivity contribution in [1.29, 1.82) is 0 Å². The predicted octanol–water partition coefficient (Wildman–Crippen LogP) is 3.03. The standard InChI is InChI=1S/C14H21N3O2/c1-2-3-8-18-9-4-7-16-14-17-12-10-11(15)5-6-13(12)19-14/h5-6,10H,2-4,7-9,15H2,1H3,(H,16,17). The van der Waals surface area contributed by atoms with Gasteiger partial charge in [-0.05, 0) is 31.0 Å². The van der Waals surface area contributed by atoms with Crippen LogP contribution in [-0.2, 0) is 4.74 Å². The Balaban J connectivity index is 1.72. The van der Waals surface area contributed by atoms with Gasteiger partial charge in [0.2, 0.25) is 0 Å². The number of rotatable bonds is 8. The predicted molar refractivity (Wildman–Crippen MR) is 77.3 cm³/mol. The molecule has 2 aromatic rings. The van der Waals surface area contributed by atoms with Gasteiger partial charge in [-0.15, -0.1) is 0 Å². The highest BCUT2D eigenvalue weighted by atomic mass is 16.5. The van der Waals surface area contributed by atoms with Crippen molar-refractivity contribution < 1.29 is 9.15 Å². The molecule has 3 N–H and O–H groups in total. The van der Waals surface area contributed by atoms with Crippen molar-refractivity contribution in [3.05, 3.63) is 18.2 Å². The number of ether oxygens (including phenoxy) is 1. The molecular formula is C14H21N3O2. The molecular weight excluding hydrogens is 242 g/mol. The van der Waals surface area contributed by atoms with E-state index in [0.717, 1.165) is 43.7 Å². The summed E-state index contributed by atoms with van der Waals surface area (Å²) in [5.41, 5.74) is 7.91. The summed E-state index contributed by atoms with van der Waals surface area (Å²) in [4.78, 5) is 4.32. The molecule has 0 amide bonds. The molecule has 0 aliphatic rings. The van der Waals surface area contributed by atoms with Crippen LogP contribution in [0.25, 0.3) is 11.1 Å². The van der Waals surface area contributed by atoms with E-state index in [1.54, 1.807) is 12.1 Å². The summed E-state index contributed by atoms with van der Waals surface area (Å²) in [5, 5.41) is 3.15. The first kappa shape index (κ1) is 13.7. The smallest absolute Gasteiger partial charge is 0.295 e. The number of aromatic nitrogens is 1. The lowest BCUT2D eigenvalue weighted by atomic mass is 10.3. The van der Waals surface area contributed by atoms with Gasteiger partial charge in [0, 0.05) is 25.4 Å². The van der Waals surface area contributed by atoms with Crippen LogP contribution in [0.15, 0.2) is 22.6 Å². The van der Waals surface area contributed by atoms with Crippen LogP contribution < -0.4 is 11.1 Å². The Morgan fingerprint density at radius 2 is 2.16 bits per heavy atom. The molecule has 0 unspecified atom stereocenters. The third-order valence-electron chi connectivity index (χ3n) is 2.80. The van der Waals surface area contributed by atoms with Gasteiger partial charge in [-0.2, -0.15) is 4.98 Å². The summed E-state index contributed by atoms with van der Waals surface area (Å²) in [6, 6.07) is 5.97. The number of fused-ring (bicyclic) bond motifs is 1. The van der Waals surface area contributed by atoms with E-state index < -0.39 is 0 Å². The van der Waals surface area contributed by atoms with Gasteiger partial charge in [0.1, 0.15) is 5.52 Å². The number of nitrogens with one attached hydrogen (secondary N) is 1. The first-order chi connectivity index (χ1) is 9.29. The second-order valence-electron chi connectivity index (χ2n) is 4.49. The van der Waals surface area contributed by atoms with Crippen LogP contribution in [0.4, 0.5) is 11.7 Å². The molecule has 5 nitrogen and oxygen atoms in total. The lowest BCUT2D eigenvalue weighted by Gasteiger charge is -2.03. The maximum Gasteiger partial charge on any atom is 0.295 e. The fraction of sp³-hybridized carbons (Fsp3) is 0.500. The van der Waals surface area contributed by atoms with Crippen LogP contribution in [0.5, 0.6) is 0 Å². The van der Waals surface area contributed by atoms with Crippen molar-refractivity contribution >= 4 is 22.8 Å². The average molecular weight is 263 g/mol. The Morgan fingerprint density at radius 3 is 3.00 bits per heavy atom. The molecule has 0 saturated carbocycles. The van der Waals surface area contributed by atoms with Gasteiger partial charge in [-0.1, -0.05) is 13.3 Å². The van der Waals surface area contributed by atoms with Crippen molar-refractivity contribution in [3.8, 4) is 0 Å². The van der Waals surface area contributed by atoms with E-state index >= 15 is 0 Å². The number of nitrogen functional groups attached to an aromatic ring is 1. The highest BCUT2D eigenvalue weighted by Crippen LogP contribution is 2.20. The minimum absolute atomic E-state index is 0.536. The molecule has 2 rings (SSSR count). The minimum atomic E-state index is 0.536. The third kappa shape index (κ3) is 4.13. The molecule has 1 heterocycles. The van der Waals surface area contributed by atoms with Gasteiger partial charge < -0.3 is 20.2 Å². The number of unbranched alkanes of at least 4 members (excludes halogenated alkanes) is 1. The number of oxazole rings is 1. The summed E-state index contributed by atoms with van der Waals surface area (Å²) in [6.45, 7) is 4.55. The normalized spacial score (nSPS) is 11.0. The highest BCUT2D eigenvalue weighted by Gasteiger charge is 2.04. The molecule has 0 spiro atoms. The molecule has 0 fully saturated rings. The monoisotopic (exact) mass is 263 g/mol. The summed E-state index contributed by atoms with van der Waals surface area (Å²) in [6.07, 6.45) is 3.23. The Morgan fingerprint density at radius 1 is 1.32 bits per heavy atom. The van der Waals surface area contributed by atoms with E-state index in [1.807, 2.05) is 6.07 Å². The van der Waals surface area contributed by atoms with Gasteiger partial charge in [0.25, 0.3) is 6.01 Å². The van der Waals surface area contributed by atoms with Gasteiger partial charge in [0.05, 0.1) is 0 Å². The fourth-order valence-electron chi connectivity index (χ4n) is 1.74. The van der Waals surface area contributed by atoms with Gasteiger partial charge in [-0.3, -0.25) is 0 Å². The molecule has 0 atom stereocenters. The Kier molecular flexibility index (Phi) is 5.03. The number of nitrogens with two attached hydrogens (primary N) is 1. The molecule has 0 saturated heterocycles. The SMILES string of the molecule is CCCCOCCCNc1nc2cc(N)ccc2o1. The summed E-state index contributed by atoms with van der Waals surface area (Å²) < 4.78 is 11.0. The number of hydrogen-bond donors (Lipinski definition) is 2. The lowest BCUT2D eigenvalue weighted by Crippen LogP contribution is -2.06. The number of benzene rings is 1. The second kappa shape index (κ2) is 6.99. The molecule has 104 valence electrons. The Labute approximate surface area is 113 Å². The summed E-state index contributed by atoms with van der Waals surface area (Å²) >= 11 is 0. The van der Waals surface area contributed by atoms with Crippen molar-refractivity contribution in [2.75, 3.05) is 30.8 Å². The second-order valence-corrected chi connectivity index (χ2v) is 4.49. The number of hydrogen-bond acceptors (Lipinski definition) is 5. The topological polar surface area (TPSA) is 73.3 Å². The van der Waals surface area contributed by atoms with E-state index in [-0.39, 0.29) is 0 Å². The molecule has 0 aliphatic carbocycles. The van der Waals surface area contributed by atoms with Crippen LogP contribution in [0, 0.1) is 0 Å². The molecule has 5 heteroatoms. The highest BCUT2D eigenvalue weighted by molar-refractivity contribution is 5.78. The van der Waals surface area contributed by atoms with E-state index in [1.165, 1.54) is 6.42 Å². The zero-order chi connectivity index (χ0) is 13.5. The lowest BCUT2D eigenvalue weighted by molar-refractivity contribution is 0.131. The van der Waals surface area contributed by atoms with E-state index in [2.05, 4.69) is 17.2 Å². The maximum absolute atomic E-state index is 5.69. The molecule has 0 radical (unpaired) electrons. The summed E-state index contributed by atoms with van der Waals surface area (Å²) in [7, 11) is 0. The molecule has 19 heavy (non-hydrogen) atoms. The largest absolute Gasteiger partial charge is 0.424 e. The Hall–Kier alpha value is -1.75. The first-order valence-corrected chi connectivity index (χ1v) is 6.77. The van der Waals surface area contributed by atoms with Gasteiger partial charge in [0.15, 0.2) is 5.58 Å². The zero-order valence-electron chi connectivity index (χ0n) is 11.3. The minimum Gasteiger partial charge on any atom is -0.424 e. The zero-order valence-corrected chi connectivity index (χ0v) is 11.3. The fourth-order valence-corrected chi connectivity index (χ4v) is 1.74. The van der Waals surface area contributed by atoms with E-state index in [4.69, 9.17) is 14.9 Å². The van der Waals surface area contributed by atoms with Crippen LogP contribution in [-0.4, -0.2) is 24.7 Å². The average Bonchev–Trinajstić information content (AvgIpc) is 2.79. The molecule has 0 bridgehead atoms. The summed E-state index contributed by atoms with van der Waals surface area (Å²) in [5.74, 6) is 0. The van der Waals surface area contributed by atoms with Crippen molar-refractivity contribution in [2.45, 2.75) is 26.2 Å². The number of anilines is 2. The van der Waals surface area contributed by atoms with Crippen LogP contribution in [0.3, 0.4) is 0 Å². The van der Waals surface area contributed by atoms with Crippen LogP contribution >= 0.6 is 0 Å². The van der Waals surface area contributed by atoms with E-state index in [9.17, 15) is 0 Å². The van der Waals surface area contributed by atoms with Crippen LogP contribution in [0.1, 0.15) is 26.2 Å². The molecule has 0 aliphatic heterocycles. The third-order valence-corrected chi connectivity index (χ3v) is 2.80. The van der Waals surface area contributed by atoms with Crippen molar-refractivity contribution in [3.63, 3.8) is 0 Å². The van der Waals surface area contributed by atoms with Gasteiger partial charge >= 0.3 is 0 Å². The van der Waals surface area contributed by atoms with Gasteiger partial charge in [-0.25, -0.2) is 0 Å². The number of nitrogens with zero attached hydrogens (tertiary/aromatic N) is 1. The molecule has 1 aromatic carbocycles. The maximum atomic E-state index is 5.69. The van der Waals surface area contributed by atoms with Crippen molar-refractivity contribution in [2.24, 2.45) is 0 Å². The first-order valence-electron chi connectivity index (χ1n) is 6.77.